The van der Waals surface area contributed by atoms with Crippen LogP contribution in [0.4, 0.5) is 0 Å². The Morgan fingerprint density at radius 2 is 1.83 bits per heavy atom. The van der Waals surface area contributed by atoms with Crippen LogP contribution in [0.1, 0.15) is 19.4 Å². The summed E-state index contributed by atoms with van der Waals surface area (Å²) in [5.41, 5.74) is 1.39. The van der Waals surface area contributed by atoms with E-state index in [1.54, 1.807) is 0 Å². The van der Waals surface area contributed by atoms with Crippen LogP contribution in [-0.4, -0.2) is 18.5 Å². The molecular weight excluding hydrogens is 240 g/mol. The van der Waals surface area contributed by atoms with Gasteiger partial charge in [-0.25, -0.2) is 0 Å². The van der Waals surface area contributed by atoms with Crippen molar-refractivity contribution in [3.63, 3.8) is 0 Å². The SMILES string of the molecule is CC(C)OCCSCc1ccc2ccccc2c1. The van der Waals surface area contributed by atoms with Gasteiger partial charge in [0.1, 0.15) is 0 Å². The highest BCUT2D eigenvalue weighted by atomic mass is 32.2. The lowest BCUT2D eigenvalue weighted by Gasteiger charge is -2.07. The fourth-order valence-corrected chi connectivity index (χ4v) is 2.64. The first-order valence-corrected chi connectivity index (χ1v) is 7.58. The molecule has 0 aliphatic rings. The van der Waals surface area contributed by atoms with Crippen LogP contribution in [0.15, 0.2) is 42.5 Å². The van der Waals surface area contributed by atoms with Gasteiger partial charge in [-0.3, -0.25) is 0 Å². The van der Waals surface area contributed by atoms with Gasteiger partial charge in [-0.15, -0.1) is 0 Å². The van der Waals surface area contributed by atoms with Gasteiger partial charge in [0.25, 0.3) is 0 Å². The molecule has 2 rings (SSSR count). The number of thioether (sulfide) groups is 1. The Morgan fingerprint density at radius 1 is 1.06 bits per heavy atom. The van der Waals surface area contributed by atoms with E-state index in [1.807, 2.05) is 11.8 Å². The summed E-state index contributed by atoms with van der Waals surface area (Å²) in [4.78, 5) is 0. The summed E-state index contributed by atoms with van der Waals surface area (Å²) in [5.74, 6) is 2.12. The molecule has 0 heterocycles. The highest BCUT2D eigenvalue weighted by Gasteiger charge is 1.98. The molecule has 0 atom stereocenters. The van der Waals surface area contributed by atoms with Gasteiger partial charge in [-0.1, -0.05) is 42.5 Å². The molecule has 0 saturated heterocycles. The van der Waals surface area contributed by atoms with E-state index in [9.17, 15) is 0 Å². The molecule has 0 aliphatic heterocycles. The van der Waals surface area contributed by atoms with Crippen LogP contribution in [0.2, 0.25) is 0 Å². The van der Waals surface area contributed by atoms with Crippen molar-refractivity contribution >= 4 is 22.5 Å². The molecule has 1 nitrogen and oxygen atoms in total. The minimum absolute atomic E-state index is 0.339. The maximum atomic E-state index is 5.53. The minimum atomic E-state index is 0.339. The fourth-order valence-electron chi connectivity index (χ4n) is 1.86. The van der Waals surface area contributed by atoms with Crippen LogP contribution in [-0.2, 0) is 10.5 Å². The first-order chi connectivity index (χ1) is 8.75. The topological polar surface area (TPSA) is 9.23 Å². The maximum absolute atomic E-state index is 5.53. The average molecular weight is 260 g/mol. The lowest BCUT2D eigenvalue weighted by Crippen LogP contribution is -2.05. The predicted octanol–water partition coefficient (Wildman–Crippen LogP) is 4.50. The van der Waals surface area contributed by atoms with Crippen LogP contribution in [0.5, 0.6) is 0 Å². The average Bonchev–Trinajstić information content (AvgIpc) is 2.38. The van der Waals surface area contributed by atoms with Crippen molar-refractivity contribution in [2.75, 3.05) is 12.4 Å². The molecule has 96 valence electrons. The molecule has 0 fully saturated rings. The summed E-state index contributed by atoms with van der Waals surface area (Å²) in [6.07, 6.45) is 0.339. The molecule has 0 radical (unpaired) electrons. The van der Waals surface area contributed by atoms with E-state index < -0.39 is 0 Å². The Morgan fingerprint density at radius 3 is 2.61 bits per heavy atom. The van der Waals surface area contributed by atoms with E-state index >= 15 is 0 Å². The highest BCUT2D eigenvalue weighted by Crippen LogP contribution is 2.19. The standard InChI is InChI=1S/C16H20OS/c1-13(2)17-9-10-18-12-14-7-8-15-5-3-4-6-16(15)11-14/h3-8,11,13H,9-10,12H2,1-2H3. The molecule has 0 amide bonds. The zero-order valence-corrected chi connectivity index (χ0v) is 11.9. The summed E-state index contributed by atoms with van der Waals surface area (Å²) >= 11 is 1.93. The van der Waals surface area contributed by atoms with Crippen molar-refractivity contribution in [2.24, 2.45) is 0 Å². The van der Waals surface area contributed by atoms with Crippen molar-refractivity contribution < 1.29 is 4.74 Å². The summed E-state index contributed by atoms with van der Waals surface area (Å²) in [7, 11) is 0. The lowest BCUT2D eigenvalue weighted by atomic mass is 10.1. The molecule has 0 saturated carbocycles. The third-order valence-electron chi connectivity index (χ3n) is 2.76. The number of rotatable bonds is 6. The Bertz CT molecular complexity index is 493. The third kappa shape index (κ3) is 4.04. The maximum Gasteiger partial charge on any atom is 0.0560 e. The first-order valence-electron chi connectivity index (χ1n) is 6.43. The monoisotopic (exact) mass is 260 g/mol. The van der Waals surface area contributed by atoms with E-state index in [-0.39, 0.29) is 0 Å². The van der Waals surface area contributed by atoms with Gasteiger partial charge in [0.05, 0.1) is 12.7 Å². The van der Waals surface area contributed by atoms with Crippen LogP contribution in [0.3, 0.4) is 0 Å². The van der Waals surface area contributed by atoms with Crippen LogP contribution in [0, 0.1) is 0 Å². The lowest BCUT2D eigenvalue weighted by molar-refractivity contribution is 0.0920. The van der Waals surface area contributed by atoms with Gasteiger partial charge in [-0.05, 0) is 30.2 Å². The van der Waals surface area contributed by atoms with Crippen LogP contribution < -0.4 is 0 Å². The number of hydrogen-bond donors (Lipinski definition) is 0. The minimum Gasteiger partial charge on any atom is -0.378 e. The second kappa shape index (κ2) is 6.81. The molecule has 0 bridgehead atoms. The van der Waals surface area contributed by atoms with Crippen molar-refractivity contribution in [3.05, 3.63) is 48.0 Å². The van der Waals surface area contributed by atoms with Gasteiger partial charge in [0.15, 0.2) is 0 Å². The molecular formula is C16H20OS. The molecule has 0 N–H and O–H groups in total. The van der Waals surface area contributed by atoms with E-state index in [0.717, 1.165) is 18.1 Å². The Balaban J connectivity index is 1.84. The van der Waals surface area contributed by atoms with E-state index in [0.29, 0.717) is 6.10 Å². The number of ether oxygens (including phenoxy) is 1. The number of benzene rings is 2. The quantitative estimate of drug-likeness (QED) is 0.707. The molecule has 0 unspecified atom stereocenters. The third-order valence-corrected chi connectivity index (χ3v) is 3.75. The zero-order valence-electron chi connectivity index (χ0n) is 11.1. The second-order valence-corrected chi connectivity index (χ2v) is 5.76. The van der Waals surface area contributed by atoms with Crippen molar-refractivity contribution in [1.82, 2.24) is 0 Å². The van der Waals surface area contributed by atoms with Crippen LogP contribution in [0.25, 0.3) is 10.8 Å². The van der Waals surface area contributed by atoms with E-state index in [2.05, 4.69) is 56.3 Å². The van der Waals surface area contributed by atoms with Gasteiger partial charge < -0.3 is 4.74 Å². The number of hydrogen-bond acceptors (Lipinski definition) is 2. The largest absolute Gasteiger partial charge is 0.378 e. The Labute approximate surface area is 114 Å². The van der Waals surface area contributed by atoms with Gasteiger partial charge in [0.2, 0.25) is 0 Å². The van der Waals surface area contributed by atoms with Gasteiger partial charge in [-0.2, -0.15) is 11.8 Å². The highest BCUT2D eigenvalue weighted by molar-refractivity contribution is 7.98. The normalized spacial score (nSPS) is 11.3. The van der Waals surface area contributed by atoms with E-state index in [4.69, 9.17) is 4.74 Å². The molecule has 2 aromatic rings. The zero-order chi connectivity index (χ0) is 12.8. The van der Waals surface area contributed by atoms with Crippen molar-refractivity contribution in [2.45, 2.75) is 25.7 Å². The second-order valence-electron chi connectivity index (χ2n) is 4.65. The molecule has 0 aliphatic carbocycles. The molecule has 0 spiro atoms. The van der Waals surface area contributed by atoms with Gasteiger partial charge in [0, 0.05) is 11.5 Å². The van der Waals surface area contributed by atoms with Crippen molar-refractivity contribution in [3.8, 4) is 0 Å². The Kier molecular flexibility index (Phi) is 5.09. The predicted molar refractivity (Wildman–Crippen MR) is 81.2 cm³/mol. The summed E-state index contributed by atoms with van der Waals surface area (Å²) < 4.78 is 5.53. The fraction of sp³-hybridized carbons (Fsp3) is 0.375. The summed E-state index contributed by atoms with van der Waals surface area (Å²) in [6.45, 7) is 5.00. The molecule has 18 heavy (non-hydrogen) atoms. The summed E-state index contributed by atoms with van der Waals surface area (Å²) in [6, 6.07) is 15.2. The summed E-state index contributed by atoms with van der Waals surface area (Å²) in [5, 5.41) is 2.64. The molecule has 2 aromatic carbocycles. The number of fused-ring (bicyclic) bond motifs is 1. The smallest absolute Gasteiger partial charge is 0.0560 e. The molecule has 0 aromatic heterocycles. The van der Waals surface area contributed by atoms with Crippen molar-refractivity contribution in [1.29, 1.82) is 0 Å². The van der Waals surface area contributed by atoms with E-state index in [1.165, 1.54) is 16.3 Å². The van der Waals surface area contributed by atoms with Gasteiger partial charge >= 0.3 is 0 Å². The van der Waals surface area contributed by atoms with Crippen LogP contribution >= 0.6 is 11.8 Å². The Hall–Kier alpha value is -0.990. The molecule has 2 heteroatoms. The first kappa shape index (κ1) is 13.4.